The maximum absolute atomic E-state index is 12.5. The molecule has 2 aromatic heterocycles. The molecule has 3 rings (SSSR count). The van der Waals surface area contributed by atoms with Crippen molar-refractivity contribution in [3.05, 3.63) is 33.6 Å². The van der Waals surface area contributed by atoms with Crippen LogP contribution in [0.25, 0.3) is 10.7 Å². The van der Waals surface area contributed by atoms with E-state index in [1.807, 2.05) is 24.4 Å². The number of rotatable bonds is 5. The molecule has 0 radical (unpaired) electrons. The van der Waals surface area contributed by atoms with Gasteiger partial charge in [-0.25, -0.2) is 0 Å². The number of carbonyl (C=O) groups is 1. The second-order valence-electron chi connectivity index (χ2n) is 6.79. The van der Waals surface area contributed by atoms with E-state index < -0.39 is 6.04 Å². The van der Waals surface area contributed by atoms with Crippen molar-refractivity contribution in [2.75, 3.05) is 0 Å². The van der Waals surface area contributed by atoms with E-state index >= 15 is 0 Å². The largest absolute Gasteiger partial charge is 0.347 e. The van der Waals surface area contributed by atoms with Crippen molar-refractivity contribution in [1.82, 2.24) is 20.5 Å². The van der Waals surface area contributed by atoms with Crippen LogP contribution < -0.4 is 10.9 Å². The van der Waals surface area contributed by atoms with Crippen molar-refractivity contribution in [3.8, 4) is 10.7 Å². The molecule has 1 fully saturated rings. The number of carbonyl (C=O) groups excluding carboxylic acids is 1. The Bertz CT molecular complexity index is 764. The highest BCUT2D eigenvalue weighted by Gasteiger charge is 2.27. The highest BCUT2D eigenvalue weighted by molar-refractivity contribution is 7.13. The van der Waals surface area contributed by atoms with Crippen LogP contribution in [-0.4, -0.2) is 21.1 Å². The third-order valence-corrected chi connectivity index (χ3v) is 5.79. The summed E-state index contributed by atoms with van der Waals surface area (Å²) in [5.74, 6) is 1.24. The summed E-state index contributed by atoms with van der Waals surface area (Å²) in [6.07, 6.45) is 4.62. The van der Waals surface area contributed by atoms with Gasteiger partial charge in [0.2, 0.25) is 5.91 Å². The fraction of sp³-hybridized carbons (Fsp3) is 0.556. The summed E-state index contributed by atoms with van der Waals surface area (Å²) in [5, 5.41) is 13.2. The van der Waals surface area contributed by atoms with Crippen molar-refractivity contribution in [2.24, 2.45) is 11.8 Å². The number of amides is 1. The molecule has 6 nitrogen and oxygen atoms in total. The topological polar surface area (TPSA) is 87.7 Å². The van der Waals surface area contributed by atoms with Crippen LogP contribution in [0.3, 0.4) is 0 Å². The molecule has 1 amide bonds. The van der Waals surface area contributed by atoms with E-state index in [9.17, 15) is 9.59 Å². The maximum Gasteiger partial charge on any atom is 0.275 e. The zero-order chi connectivity index (χ0) is 17.8. The first-order valence-corrected chi connectivity index (χ1v) is 9.77. The number of aromatic nitrogens is 3. The number of hydrogen-bond donors (Lipinski definition) is 2. The van der Waals surface area contributed by atoms with Gasteiger partial charge < -0.3 is 10.3 Å². The predicted octanol–water partition coefficient (Wildman–Crippen LogP) is 3.29. The predicted molar refractivity (Wildman–Crippen MR) is 98.3 cm³/mol. The molecule has 1 aliphatic carbocycles. The molecule has 134 valence electrons. The van der Waals surface area contributed by atoms with Gasteiger partial charge in [0.1, 0.15) is 0 Å². The fourth-order valence-corrected chi connectivity index (χ4v) is 3.94. The van der Waals surface area contributed by atoms with E-state index in [4.69, 9.17) is 0 Å². The van der Waals surface area contributed by atoms with Gasteiger partial charge >= 0.3 is 0 Å². The fourth-order valence-electron chi connectivity index (χ4n) is 3.27. The number of aromatic amines is 1. The van der Waals surface area contributed by atoms with Crippen molar-refractivity contribution in [3.63, 3.8) is 0 Å². The minimum absolute atomic E-state index is 0.0299. The molecule has 0 spiro atoms. The highest BCUT2D eigenvalue weighted by atomic mass is 32.1. The summed E-state index contributed by atoms with van der Waals surface area (Å²) >= 11 is 1.49. The monoisotopic (exact) mass is 360 g/mol. The van der Waals surface area contributed by atoms with Crippen molar-refractivity contribution >= 4 is 17.2 Å². The van der Waals surface area contributed by atoms with E-state index in [0.29, 0.717) is 18.2 Å². The Morgan fingerprint density at radius 3 is 2.72 bits per heavy atom. The summed E-state index contributed by atoms with van der Waals surface area (Å²) in [6, 6.07) is 3.38. The molecule has 1 atom stereocenters. The van der Waals surface area contributed by atoms with E-state index in [1.54, 1.807) is 0 Å². The van der Waals surface area contributed by atoms with Crippen LogP contribution in [0, 0.1) is 11.8 Å². The van der Waals surface area contributed by atoms with Gasteiger partial charge in [0.15, 0.2) is 11.5 Å². The zero-order valence-corrected chi connectivity index (χ0v) is 15.4. The Hall–Kier alpha value is -2.02. The lowest BCUT2D eigenvalue weighted by atomic mass is 9.82. The standard InChI is InChI=1S/C18H24N4O2S/c1-3-13(19-17(23)12-8-6-11(2)7-9-12)15-18(24)20-16(22-21-15)14-5-4-10-25-14/h4-5,10-13H,3,6-9H2,1-2H3,(H,19,23)(H,20,22,24). The smallest absolute Gasteiger partial charge is 0.275 e. The molecule has 0 aromatic carbocycles. The van der Waals surface area contributed by atoms with E-state index in [0.717, 1.165) is 30.6 Å². The van der Waals surface area contributed by atoms with Crippen LogP contribution in [0.1, 0.15) is 57.7 Å². The molecule has 0 saturated heterocycles. The van der Waals surface area contributed by atoms with Gasteiger partial charge in [-0.15, -0.1) is 21.5 Å². The number of thiophene rings is 1. The molecule has 2 N–H and O–H groups in total. The van der Waals surface area contributed by atoms with Gasteiger partial charge in [-0.1, -0.05) is 19.9 Å². The van der Waals surface area contributed by atoms with E-state index in [-0.39, 0.29) is 23.1 Å². The Morgan fingerprint density at radius 1 is 1.36 bits per heavy atom. The molecule has 0 aliphatic heterocycles. The lowest BCUT2D eigenvalue weighted by Crippen LogP contribution is -2.38. The first-order valence-electron chi connectivity index (χ1n) is 8.89. The molecular weight excluding hydrogens is 336 g/mol. The quantitative estimate of drug-likeness (QED) is 0.856. The van der Waals surface area contributed by atoms with E-state index in [2.05, 4.69) is 27.4 Å². The SMILES string of the molecule is CCC(NC(=O)C1CCC(C)CC1)c1nnc(-c2cccs2)[nH]c1=O. The first kappa shape index (κ1) is 17.8. The van der Waals surface area contributed by atoms with Gasteiger partial charge in [0.25, 0.3) is 5.56 Å². The third-order valence-electron chi connectivity index (χ3n) is 4.92. The van der Waals surface area contributed by atoms with Gasteiger partial charge in [0.05, 0.1) is 10.9 Å². The average Bonchev–Trinajstić information content (AvgIpc) is 3.15. The average molecular weight is 360 g/mol. The Balaban J connectivity index is 1.72. The molecule has 2 aromatic rings. The second kappa shape index (κ2) is 7.91. The summed E-state index contributed by atoms with van der Waals surface area (Å²) in [6.45, 7) is 4.16. The lowest BCUT2D eigenvalue weighted by Gasteiger charge is -2.26. The molecule has 7 heteroatoms. The van der Waals surface area contributed by atoms with Crippen LogP contribution in [-0.2, 0) is 4.79 Å². The number of H-pyrrole nitrogens is 1. The Kier molecular flexibility index (Phi) is 5.63. The Morgan fingerprint density at radius 2 is 2.12 bits per heavy atom. The van der Waals surface area contributed by atoms with Gasteiger partial charge in [-0.3, -0.25) is 9.59 Å². The van der Waals surface area contributed by atoms with Crippen molar-refractivity contribution in [1.29, 1.82) is 0 Å². The maximum atomic E-state index is 12.5. The second-order valence-corrected chi connectivity index (χ2v) is 7.74. The summed E-state index contributed by atoms with van der Waals surface area (Å²) in [7, 11) is 0. The summed E-state index contributed by atoms with van der Waals surface area (Å²) < 4.78 is 0. The van der Waals surface area contributed by atoms with E-state index in [1.165, 1.54) is 11.3 Å². The van der Waals surface area contributed by atoms with Crippen LogP contribution in [0.5, 0.6) is 0 Å². The molecule has 25 heavy (non-hydrogen) atoms. The molecule has 1 aliphatic rings. The minimum atomic E-state index is -0.402. The van der Waals surface area contributed by atoms with Crippen LogP contribution in [0.4, 0.5) is 0 Å². The number of nitrogens with zero attached hydrogens (tertiary/aromatic N) is 2. The minimum Gasteiger partial charge on any atom is -0.347 e. The van der Waals surface area contributed by atoms with Crippen molar-refractivity contribution < 1.29 is 4.79 Å². The summed E-state index contributed by atoms with van der Waals surface area (Å²) in [4.78, 5) is 28.6. The molecule has 1 saturated carbocycles. The van der Waals surface area contributed by atoms with Crippen LogP contribution in [0.15, 0.2) is 22.3 Å². The lowest BCUT2D eigenvalue weighted by molar-refractivity contribution is -0.127. The molecule has 0 bridgehead atoms. The van der Waals surface area contributed by atoms with Crippen LogP contribution >= 0.6 is 11.3 Å². The molecule has 1 unspecified atom stereocenters. The molecular formula is C18H24N4O2S. The summed E-state index contributed by atoms with van der Waals surface area (Å²) in [5.41, 5.74) is -0.0110. The highest BCUT2D eigenvalue weighted by Crippen LogP contribution is 2.29. The van der Waals surface area contributed by atoms with Crippen LogP contribution in [0.2, 0.25) is 0 Å². The Labute approximate surface area is 151 Å². The first-order chi connectivity index (χ1) is 12.1. The van der Waals surface area contributed by atoms with Gasteiger partial charge in [-0.2, -0.15) is 0 Å². The van der Waals surface area contributed by atoms with Gasteiger partial charge in [0, 0.05) is 5.92 Å². The third kappa shape index (κ3) is 4.15. The molecule has 2 heterocycles. The zero-order valence-electron chi connectivity index (χ0n) is 14.6. The van der Waals surface area contributed by atoms with Gasteiger partial charge in [-0.05, 0) is 49.5 Å². The van der Waals surface area contributed by atoms with Crippen molar-refractivity contribution in [2.45, 2.75) is 52.0 Å². The number of nitrogens with one attached hydrogen (secondary N) is 2. The normalized spacial score (nSPS) is 21.7. The number of hydrogen-bond acceptors (Lipinski definition) is 5.